The van der Waals surface area contributed by atoms with Gasteiger partial charge < -0.3 is 5.32 Å². The van der Waals surface area contributed by atoms with E-state index in [-0.39, 0.29) is 5.69 Å². The monoisotopic (exact) mass is 300 g/mol. The van der Waals surface area contributed by atoms with Gasteiger partial charge in [0.2, 0.25) is 0 Å². The molecule has 22 heavy (non-hydrogen) atoms. The number of halogens is 2. The number of nitrogens with one attached hydrogen (secondary N) is 1. The third-order valence-corrected chi connectivity index (χ3v) is 3.24. The lowest BCUT2D eigenvalue weighted by atomic mass is 10.1. The zero-order chi connectivity index (χ0) is 15.5. The molecule has 0 bridgehead atoms. The van der Waals surface area contributed by atoms with Crippen LogP contribution in [0.5, 0.6) is 0 Å². The molecule has 0 amide bonds. The molecule has 0 radical (unpaired) electrons. The van der Waals surface area contributed by atoms with Crippen molar-refractivity contribution in [3.8, 4) is 11.3 Å². The molecular formula is C16H14F2N4. The second-order valence-corrected chi connectivity index (χ2v) is 4.90. The van der Waals surface area contributed by atoms with Crippen molar-refractivity contribution in [3.63, 3.8) is 0 Å². The number of anilines is 1. The maximum atomic E-state index is 13.6. The van der Waals surface area contributed by atoms with Gasteiger partial charge >= 0.3 is 0 Å². The van der Waals surface area contributed by atoms with Gasteiger partial charge in [0, 0.05) is 43.3 Å². The third-order valence-electron chi connectivity index (χ3n) is 3.24. The Kier molecular flexibility index (Phi) is 3.82. The van der Waals surface area contributed by atoms with E-state index in [0.29, 0.717) is 6.54 Å². The summed E-state index contributed by atoms with van der Waals surface area (Å²) in [7, 11) is 1.81. The Balaban J connectivity index is 1.86. The van der Waals surface area contributed by atoms with Crippen molar-refractivity contribution in [2.75, 3.05) is 5.32 Å². The van der Waals surface area contributed by atoms with Crippen LogP contribution in [0.15, 0.2) is 48.9 Å². The van der Waals surface area contributed by atoms with Crippen molar-refractivity contribution in [2.24, 2.45) is 7.05 Å². The smallest absolute Gasteiger partial charge is 0.146 e. The van der Waals surface area contributed by atoms with E-state index >= 15 is 0 Å². The Bertz CT molecular complexity index is 784. The highest BCUT2D eigenvalue weighted by atomic mass is 19.1. The first kappa shape index (κ1) is 14.2. The molecule has 112 valence electrons. The van der Waals surface area contributed by atoms with Crippen LogP contribution in [0.3, 0.4) is 0 Å². The van der Waals surface area contributed by atoms with Gasteiger partial charge in [-0.15, -0.1) is 0 Å². The molecule has 0 aliphatic heterocycles. The first-order chi connectivity index (χ1) is 10.6. The van der Waals surface area contributed by atoms with Gasteiger partial charge in [0.05, 0.1) is 11.4 Å². The second kappa shape index (κ2) is 5.93. The van der Waals surface area contributed by atoms with E-state index in [9.17, 15) is 8.78 Å². The van der Waals surface area contributed by atoms with E-state index < -0.39 is 11.6 Å². The molecule has 0 aliphatic rings. The van der Waals surface area contributed by atoms with Crippen LogP contribution in [-0.2, 0) is 13.6 Å². The summed E-state index contributed by atoms with van der Waals surface area (Å²) in [6.45, 7) is 0.332. The predicted octanol–water partition coefficient (Wildman–Crippen LogP) is 3.37. The third kappa shape index (κ3) is 2.95. The van der Waals surface area contributed by atoms with Crippen LogP contribution >= 0.6 is 0 Å². The molecule has 0 unspecified atom stereocenters. The van der Waals surface area contributed by atoms with Crippen molar-refractivity contribution < 1.29 is 8.78 Å². The quantitative estimate of drug-likeness (QED) is 0.803. The van der Waals surface area contributed by atoms with Gasteiger partial charge in [-0.05, 0) is 30.3 Å². The number of hydrogen-bond acceptors (Lipinski definition) is 3. The first-order valence-electron chi connectivity index (χ1n) is 6.75. The fourth-order valence-electron chi connectivity index (χ4n) is 2.24. The van der Waals surface area contributed by atoms with E-state index in [4.69, 9.17) is 0 Å². The average molecular weight is 300 g/mol. The van der Waals surface area contributed by atoms with Crippen LogP contribution < -0.4 is 5.32 Å². The molecule has 2 heterocycles. The summed E-state index contributed by atoms with van der Waals surface area (Å²) in [6, 6.07) is 7.05. The molecular weight excluding hydrogens is 286 g/mol. The molecule has 3 aromatic rings. The van der Waals surface area contributed by atoms with E-state index in [0.717, 1.165) is 35.0 Å². The van der Waals surface area contributed by atoms with Crippen LogP contribution in [0, 0.1) is 11.6 Å². The standard InChI is InChI=1S/C16H14F2N4/c1-22-10-12(16(21-22)11-3-2-6-19-8-11)9-20-15-7-13(17)4-5-14(15)18/h2-8,10,20H,9H2,1H3. The maximum Gasteiger partial charge on any atom is 0.146 e. The van der Waals surface area contributed by atoms with Gasteiger partial charge in [-0.3, -0.25) is 9.67 Å². The lowest BCUT2D eigenvalue weighted by Gasteiger charge is -2.08. The molecule has 6 heteroatoms. The highest BCUT2D eigenvalue weighted by Crippen LogP contribution is 2.23. The normalized spacial score (nSPS) is 10.7. The fraction of sp³-hybridized carbons (Fsp3) is 0.125. The molecule has 0 fully saturated rings. The molecule has 2 aromatic heterocycles. The summed E-state index contributed by atoms with van der Waals surface area (Å²) in [5.41, 5.74) is 2.64. The molecule has 0 aliphatic carbocycles. The number of benzene rings is 1. The highest BCUT2D eigenvalue weighted by molar-refractivity contribution is 5.62. The molecule has 1 aromatic carbocycles. The van der Waals surface area contributed by atoms with Crippen LogP contribution in [0.2, 0.25) is 0 Å². The largest absolute Gasteiger partial charge is 0.378 e. The summed E-state index contributed by atoms with van der Waals surface area (Å²) in [5.74, 6) is -0.976. The Morgan fingerprint density at radius 2 is 2.09 bits per heavy atom. The Labute approximate surface area is 126 Å². The van der Waals surface area contributed by atoms with Gasteiger partial charge in [-0.2, -0.15) is 5.10 Å². The maximum absolute atomic E-state index is 13.6. The second-order valence-electron chi connectivity index (χ2n) is 4.90. The Morgan fingerprint density at radius 3 is 2.86 bits per heavy atom. The number of nitrogens with zero attached hydrogens (tertiary/aromatic N) is 3. The zero-order valence-corrected chi connectivity index (χ0v) is 11.9. The lowest BCUT2D eigenvalue weighted by Crippen LogP contribution is -2.02. The molecule has 0 atom stereocenters. The van der Waals surface area contributed by atoms with Crippen molar-refractivity contribution in [1.29, 1.82) is 0 Å². The van der Waals surface area contributed by atoms with E-state index in [1.54, 1.807) is 17.1 Å². The van der Waals surface area contributed by atoms with Crippen LogP contribution in [0.4, 0.5) is 14.5 Å². The number of rotatable bonds is 4. The Hall–Kier alpha value is -2.76. The summed E-state index contributed by atoms with van der Waals surface area (Å²) >= 11 is 0. The van der Waals surface area contributed by atoms with E-state index in [1.807, 2.05) is 25.4 Å². The van der Waals surface area contributed by atoms with Gasteiger partial charge in [0.15, 0.2) is 0 Å². The summed E-state index contributed by atoms with van der Waals surface area (Å²) < 4.78 is 28.5. The molecule has 4 nitrogen and oxygen atoms in total. The van der Waals surface area contributed by atoms with E-state index in [2.05, 4.69) is 15.4 Å². The number of aryl methyl sites for hydroxylation is 1. The first-order valence-corrected chi connectivity index (χ1v) is 6.75. The minimum atomic E-state index is -0.492. The SMILES string of the molecule is Cn1cc(CNc2cc(F)ccc2F)c(-c2cccnc2)n1. The average Bonchev–Trinajstić information content (AvgIpc) is 2.90. The highest BCUT2D eigenvalue weighted by Gasteiger charge is 2.11. The zero-order valence-electron chi connectivity index (χ0n) is 11.9. The molecule has 1 N–H and O–H groups in total. The van der Waals surface area contributed by atoms with Gasteiger partial charge in [0.1, 0.15) is 11.6 Å². The number of pyridine rings is 1. The van der Waals surface area contributed by atoms with E-state index in [1.165, 1.54) is 0 Å². The van der Waals surface area contributed by atoms with Crippen molar-refractivity contribution in [2.45, 2.75) is 6.54 Å². The van der Waals surface area contributed by atoms with Crippen LogP contribution in [0.1, 0.15) is 5.56 Å². The van der Waals surface area contributed by atoms with Crippen LogP contribution in [-0.4, -0.2) is 14.8 Å². The van der Waals surface area contributed by atoms with Crippen molar-refractivity contribution >= 4 is 5.69 Å². The summed E-state index contributed by atoms with van der Waals surface area (Å²) in [6.07, 6.45) is 5.24. The van der Waals surface area contributed by atoms with Gasteiger partial charge in [0.25, 0.3) is 0 Å². The minimum absolute atomic E-state index is 0.126. The van der Waals surface area contributed by atoms with Gasteiger partial charge in [-0.25, -0.2) is 8.78 Å². The van der Waals surface area contributed by atoms with Crippen molar-refractivity contribution in [1.82, 2.24) is 14.8 Å². The number of aromatic nitrogens is 3. The van der Waals surface area contributed by atoms with Gasteiger partial charge in [-0.1, -0.05) is 0 Å². The summed E-state index contributed by atoms with van der Waals surface area (Å²) in [4.78, 5) is 4.08. The summed E-state index contributed by atoms with van der Waals surface area (Å²) in [5, 5.41) is 7.31. The lowest BCUT2D eigenvalue weighted by molar-refractivity contribution is 0.602. The predicted molar refractivity (Wildman–Crippen MR) is 80.1 cm³/mol. The molecule has 0 saturated heterocycles. The molecule has 0 saturated carbocycles. The minimum Gasteiger partial charge on any atom is -0.378 e. The molecule has 0 spiro atoms. The molecule has 3 rings (SSSR count). The van der Waals surface area contributed by atoms with Crippen LogP contribution in [0.25, 0.3) is 11.3 Å². The topological polar surface area (TPSA) is 42.7 Å². The Morgan fingerprint density at radius 1 is 1.23 bits per heavy atom. The number of hydrogen-bond donors (Lipinski definition) is 1. The fourth-order valence-corrected chi connectivity index (χ4v) is 2.24. The van der Waals surface area contributed by atoms with Crippen molar-refractivity contribution in [3.05, 3.63) is 66.1 Å².